The molecular formula is C12H16ClN3O7S. The number of aromatic hydroxyl groups is 1. The van der Waals surface area contributed by atoms with Gasteiger partial charge < -0.3 is 21.3 Å². The van der Waals surface area contributed by atoms with Crippen LogP contribution in [0.2, 0.25) is 5.02 Å². The number of primary amides is 1. The molecular weight excluding hydrogens is 366 g/mol. The first kappa shape index (κ1) is 20.0. The Bertz CT molecular complexity index is 738. The Balaban J connectivity index is 2.74. The van der Waals surface area contributed by atoms with Crippen LogP contribution in [-0.2, 0) is 19.6 Å². The Labute approximate surface area is 142 Å². The summed E-state index contributed by atoms with van der Waals surface area (Å²) in [4.78, 5) is 21.4. The predicted octanol–water partition coefficient (Wildman–Crippen LogP) is 0.434. The van der Waals surface area contributed by atoms with Gasteiger partial charge in [0.05, 0.1) is 5.69 Å². The molecule has 134 valence electrons. The van der Waals surface area contributed by atoms with E-state index in [1.54, 1.807) is 0 Å². The Morgan fingerprint density at radius 3 is 2.54 bits per heavy atom. The summed E-state index contributed by atoms with van der Waals surface area (Å²) in [6.07, 6.45) is -0.819. The Kier molecular flexibility index (Phi) is 6.78. The number of rotatable bonds is 7. The van der Waals surface area contributed by atoms with Crippen molar-refractivity contribution in [3.05, 3.63) is 17.2 Å². The van der Waals surface area contributed by atoms with Crippen LogP contribution < -0.4 is 16.8 Å². The molecule has 0 saturated carbocycles. The quantitative estimate of drug-likeness (QED) is 0.332. The number of benzene rings is 1. The SMILES string of the molecule is NC(=O)CC[C@@H](N)COC(=O)Nc1cc(Cl)cc(S(=O)(=O)O)c1O. The maximum Gasteiger partial charge on any atom is 0.411 e. The van der Waals surface area contributed by atoms with Gasteiger partial charge in [0.2, 0.25) is 5.91 Å². The summed E-state index contributed by atoms with van der Waals surface area (Å²) in [5.74, 6) is -1.45. The van der Waals surface area contributed by atoms with Crippen molar-refractivity contribution in [2.45, 2.75) is 23.8 Å². The Hall–Kier alpha value is -2.08. The standard InChI is InChI=1S/C12H16ClN3O7S/c13-6-3-8(11(18)9(4-6)24(20,21)22)16-12(19)23-5-7(14)1-2-10(15)17/h3-4,7,18H,1-2,5,14H2,(H2,15,17)(H,16,19)(H,20,21,22)/t7-/m1/s1. The lowest BCUT2D eigenvalue weighted by Crippen LogP contribution is -2.30. The smallest absolute Gasteiger partial charge is 0.411 e. The zero-order valence-corrected chi connectivity index (χ0v) is 13.8. The van der Waals surface area contributed by atoms with Crippen molar-refractivity contribution in [1.82, 2.24) is 0 Å². The molecule has 1 atom stereocenters. The zero-order valence-electron chi connectivity index (χ0n) is 12.2. The summed E-state index contributed by atoms with van der Waals surface area (Å²) >= 11 is 5.67. The van der Waals surface area contributed by atoms with Gasteiger partial charge in [-0.1, -0.05) is 11.6 Å². The van der Waals surface area contributed by atoms with Crippen molar-refractivity contribution in [3.63, 3.8) is 0 Å². The van der Waals surface area contributed by atoms with E-state index in [2.05, 4.69) is 5.32 Å². The van der Waals surface area contributed by atoms with Gasteiger partial charge in [-0.2, -0.15) is 8.42 Å². The highest BCUT2D eigenvalue weighted by Crippen LogP contribution is 2.34. The van der Waals surface area contributed by atoms with E-state index >= 15 is 0 Å². The summed E-state index contributed by atoms with van der Waals surface area (Å²) in [7, 11) is -4.75. The second-order valence-corrected chi connectivity index (χ2v) is 6.59. The van der Waals surface area contributed by atoms with E-state index in [1.165, 1.54) is 0 Å². The Morgan fingerprint density at radius 2 is 2.00 bits per heavy atom. The van der Waals surface area contributed by atoms with Gasteiger partial charge in [-0.05, 0) is 18.6 Å². The van der Waals surface area contributed by atoms with Crippen molar-refractivity contribution >= 4 is 39.4 Å². The number of hydrogen-bond donors (Lipinski definition) is 5. The molecule has 12 heteroatoms. The third-order valence-corrected chi connectivity index (χ3v) is 3.83. The van der Waals surface area contributed by atoms with Crippen LogP contribution in [0.4, 0.5) is 10.5 Å². The molecule has 0 spiro atoms. The first-order chi connectivity index (χ1) is 11.0. The number of nitrogens with two attached hydrogens (primary N) is 2. The number of anilines is 1. The van der Waals surface area contributed by atoms with Crippen molar-refractivity contribution in [2.24, 2.45) is 11.5 Å². The molecule has 0 radical (unpaired) electrons. The normalized spacial score (nSPS) is 12.5. The van der Waals surface area contributed by atoms with Crippen molar-refractivity contribution in [1.29, 1.82) is 0 Å². The highest BCUT2D eigenvalue weighted by Gasteiger charge is 2.21. The van der Waals surface area contributed by atoms with Gasteiger partial charge in [0.1, 0.15) is 11.5 Å². The van der Waals surface area contributed by atoms with Crippen LogP contribution in [0.25, 0.3) is 0 Å². The second kappa shape index (κ2) is 8.15. The minimum absolute atomic E-state index is 0.0267. The van der Waals surface area contributed by atoms with Crippen molar-refractivity contribution < 1.29 is 32.4 Å². The summed E-state index contributed by atoms with van der Waals surface area (Å²) in [5.41, 5.74) is 10.2. The van der Waals surface area contributed by atoms with Crippen LogP contribution >= 0.6 is 11.6 Å². The molecule has 0 aliphatic rings. The maximum absolute atomic E-state index is 11.6. The molecule has 0 aromatic heterocycles. The summed E-state index contributed by atoms with van der Waals surface area (Å²) < 4.78 is 36.0. The third-order valence-electron chi connectivity index (χ3n) is 2.74. The fourth-order valence-electron chi connectivity index (χ4n) is 1.61. The molecule has 7 N–H and O–H groups in total. The summed E-state index contributed by atoms with van der Waals surface area (Å²) in [6.45, 7) is -0.244. The van der Waals surface area contributed by atoms with Gasteiger partial charge in [0, 0.05) is 17.5 Å². The number of halogens is 1. The zero-order chi connectivity index (χ0) is 18.5. The summed E-state index contributed by atoms with van der Waals surface area (Å²) in [5, 5.41) is 11.7. The van der Waals surface area contributed by atoms with Gasteiger partial charge in [-0.25, -0.2) is 4.79 Å². The minimum atomic E-state index is -4.75. The highest BCUT2D eigenvalue weighted by molar-refractivity contribution is 7.86. The van der Waals surface area contributed by atoms with Crippen LogP contribution in [0.1, 0.15) is 12.8 Å². The first-order valence-corrected chi connectivity index (χ1v) is 8.30. The highest BCUT2D eigenvalue weighted by atomic mass is 35.5. The number of phenolic OH excluding ortho intramolecular Hbond substituents is 1. The number of hydrogen-bond acceptors (Lipinski definition) is 7. The number of ether oxygens (including phenoxy) is 1. The molecule has 2 amide bonds. The van der Waals surface area contributed by atoms with Crippen LogP contribution in [0.15, 0.2) is 17.0 Å². The van der Waals surface area contributed by atoms with E-state index in [-0.39, 0.29) is 30.2 Å². The van der Waals surface area contributed by atoms with E-state index in [4.69, 9.17) is 32.4 Å². The molecule has 10 nitrogen and oxygen atoms in total. The fraction of sp³-hybridized carbons (Fsp3) is 0.333. The lowest BCUT2D eigenvalue weighted by molar-refractivity contribution is -0.118. The number of nitrogens with one attached hydrogen (secondary N) is 1. The minimum Gasteiger partial charge on any atom is -0.504 e. The molecule has 1 rings (SSSR count). The monoisotopic (exact) mass is 381 g/mol. The molecule has 0 unspecified atom stereocenters. The van der Waals surface area contributed by atoms with Crippen LogP contribution in [0.5, 0.6) is 5.75 Å². The van der Waals surface area contributed by atoms with Crippen LogP contribution in [-0.4, -0.2) is 42.7 Å². The first-order valence-electron chi connectivity index (χ1n) is 6.48. The number of carbonyl (C=O) groups is 2. The molecule has 0 heterocycles. The van der Waals surface area contributed by atoms with E-state index in [1.807, 2.05) is 0 Å². The molecule has 24 heavy (non-hydrogen) atoms. The molecule has 0 saturated heterocycles. The predicted molar refractivity (Wildman–Crippen MR) is 84.3 cm³/mol. The lowest BCUT2D eigenvalue weighted by atomic mass is 10.2. The molecule has 0 aliphatic heterocycles. The van der Waals surface area contributed by atoms with Crippen LogP contribution in [0, 0.1) is 0 Å². The van der Waals surface area contributed by atoms with Gasteiger partial charge in [0.15, 0.2) is 5.75 Å². The van der Waals surface area contributed by atoms with E-state index in [0.29, 0.717) is 0 Å². The largest absolute Gasteiger partial charge is 0.504 e. The third kappa shape index (κ3) is 6.20. The van der Waals surface area contributed by atoms with E-state index < -0.39 is 38.8 Å². The molecule has 0 aliphatic carbocycles. The fourth-order valence-corrected chi connectivity index (χ4v) is 2.52. The topological polar surface area (TPSA) is 182 Å². The Morgan fingerprint density at radius 1 is 1.38 bits per heavy atom. The second-order valence-electron chi connectivity index (χ2n) is 4.76. The number of phenols is 1. The van der Waals surface area contributed by atoms with Gasteiger partial charge in [0.25, 0.3) is 10.1 Å². The van der Waals surface area contributed by atoms with Crippen molar-refractivity contribution in [2.75, 3.05) is 11.9 Å². The van der Waals surface area contributed by atoms with Gasteiger partial charge in [-0.15, -0.1) is 0 Å². The van der Waals surface area contributed by atoms with Crippen LogP contribution in [0.3, 0.4) is 0 Å². The van der Waals surface area contributed by atoms with E-state index in [0.717, 1.165) is 12.1 Å². The number of carbonyl (C=O) groups excluding carboxylic acids is 2. The van der Waals surface area contributed by atoms with Crippen molar-refractivity contribution in [3.8, 4) is 5.75 Å². The van der Waals surface area contributed by atoms with E-state index in [9.17, 15) is 23.1 Å². The lowest BCUT2D eigenvalue weighted by Gasteiger charge is -2.13. The molecule has 0 fully saturated rings. The molecule has 1 aromatic rings. The van der Waals surface area contributed by atoms with Gasteiger partial charge >= 0.3 is 6.09 Å². The average molecular weight is 382 g/mol. The number of amides is 2. The van der Waals surface area contributed by atoms with Gasteiger partial charge in [-0.3, -0.25) is 14.7 Å². The molecule has 1 aromatic carbocycles. The maximum atomic E-state index is 11.6. The molecule has 0 bridgehead atoms. The summed E-state index contributed by atoms with van der Waals surface area (Å²) in [6, 6.07) is 1.23. The average Bonchev–Trinajstić information content (AvgIpc) is 2.45.